The van der Waals surface area contributed by atoms with Crippen molar-refractivity contribution in [2.45, 2.75) is 51.3 Å². The first-order chi connectivity index (χ1) is 18.3. The van der Waals surface area contributed by atoms with E-state index in [0.717, 1.165) is 18.7 Å². The van der Waals surface area contributed by atoms with Gasteiger partial charge in [0.1, 0.15) is 5.75 Å². The van der Waals surface area contributed by atoms with Gasteiger partial charge < -0.3 is 9.08 Å². The zero-order chi connectivity index (χ0) is 29.0. The van der Waals surface area contributed by atoms with Crippen LogP contribution in [0, 0.1) is 0 Å². The van der Waals surface area contributed by atoms with E-state index in [-0.39, 0.29) is 18.0 Å². The number of halogens is 3. The minimum absolute atomic E-state index is 0.0478. The van der Waals surface area contributed by atoms with E-state index in [2.05, 4.69) is 34.4 Å². The lowest BCUT2D eigenvalue weighted by Gasteiger charge is -2.47. The van der Waals surface area contributed by atoms with Crippen LogP contribution in [0.15, 0.2) is 61.2 Å². The fraction of sp³-hybridized carbons (Fsp3) is 0.464. The monoisotopic (exact) mass is 567 g/mol. The minimum atomic E-state index is -5.82. The van der Waals surface area contributed by atoms with Gasteiger partial charge in [-0.05, 0) is 63.1 Å². The molecular formula is C28H36F3N3O4S. The normalized spacial score (nSPS) is 19.9. The number of benzene rings is 2. The number of alkyl halides is 3. The third-order valence-electron chi connectivity index (χ3n) is 7.05. The molecule has 0 aromatic heterocycles. The van der Waals surface area contributed by atoms with Gasteiger partial charge in [0.15, 0.2) is 0 Å². The van der Waals surface area contributed by atoms with E-state index in [1.165, 1.54) is 18.2 Å². The Morgan fingerprint density at radius 1 is 1.08 bits per heavy atom. The second kappa shape index (κ2) is 12.5. The van der Waals surface area contributed by atoms with Crippen molar-refractivity contribution in [2.24, 2.45) is 0 Å². The SMILES string of the molecule is C=CCN1C[C@H](C)N(C(c2ccc(C(=O)N(CC)CC)cc2)c2cccc(OS(=O)(=O)C(F)(F)F)c2)C[C@H]1C. The largest absolute Gasteiger partial charge is 0.534 e. The Bertz CT molecular complexity index is 1250. The Balaban J connectivity index is 2.04. The maximum Gasteiger partial charge on any atom is 0.534 e. The summed E-state index contributed by atoms with van der Waals surface area (Å²) in [7, 11) is -5.82. The molecule has 1 fully saturated rings. The summed E-state index contributed by atoms with van der Waals surface area (Å²) >= 11 is 0. The van der Waals surface area contributed by atoms with Crippen molar-refractivity contribution in [1.82, 2.24) is 14.7 Å². The topological polar surface area (TPSA) is 70.2 Å². The van der Waals surface area contributed by atoms with E-state index in [1.807, 2.05) is 32.1 Å². The highest BCUT2D eigenvalue weighted by molar-refractivity contribution is 7.88. The van der Waals surface area contributed by atoms with Crippen LogP contribution in [0.25, 0.3) is 0 Å². The van der Waals surface area contributed by atoms with Gasteiger partial charge in [0.2, 0.25) is 0 Å². The van der Waals surface area contributed by atoms with E-state index < -0.39 is 27.4 Å². The first-order valence-electron chi connectivity index (χ1n) is 12.9. The lowest BCUT2D eigenvalue weighted by molar-refractivity contribution is -0.0500. The van der Waals surface area contributed by atoms with Crippen LogP contribution in [0.3, 0.4) is 0 Å². The van der Waals surface area contributed by atoms with E-state index in [4.69, 9.17) is 0 Å². The van der Waals surface area contributed by atoms with Gasteiger partial charge >= 0.3 is 15.6 Å². The molecule has 11 heteroatoms. The number of carbonyl (C=O) groups is 1. The molecule has 0 spiro atoms. The molecule has 1 aliphatic heterocycles. The molecule has 3 atom stereocenters. The fourth-order valence-electron chi connectivity index (χ4n) is 4.99. The molecule has 1 heterocycles. The molecule has 0 N–H and O–H groups in total. The van der Waals surface area contributed by atoms with Crippen molar-refractivity contribution >= 4 is 16.0 Å². The van der Waals surface area contributed by atoms with Crippen molar-refractivity contribution in [3.05, 3.63) is 77.9 Å². The Morgan fingerprint density at radius 3 is 2.28 bits per heavy atom. The smallest absolute Gasteiger partial charge is 0.376 e. The third kappa shape index (κ3) is 7.01. The Hall–Kier alpha value is -2.89. The van der Waals surface area contributed by atoms with Crippen LogP contribution in [-0.2, 0) is 10.1 Å². The number of hydrogen-bond donors (Lipinski definition) is 0. The highest BCUT2D eigenvalue weighted by Crippen LogP contribution is 2.36. The lowest BCUT2D eigenvalue weighted by Crippen LogP contribution is -2.57. The van der Waals surface area contributed by atoms with Gasteiger partial charge in [-0.1, -0.05) is 30.3 Å². The van der Waals surface area contributed by atoms with Gasteiger partial charge in [-0.15, -0.1) is 6.58 Å². The van der Waals surface area contributed by atoms with Crippen LogP contribution in [0.1, 0.15) is 55.2 Å². The first kappa shape index (κ1) is 30.6. The average Bonchev–Trinajstić information content (AvgIpc) is 2.87. The van der Waals surface area contributed by atoms with Gasteiger partial charge in [0.05, 0.1) is 6.04 Å². The van der Waals surface area contributed by atoms with Crippen LogP contribution in [0.5, 0.6) is 5.75 Å². The molecule has 39 heavy (non-hydrogen) atoms. The molecule has 0 aliphatic carbocycles. The van der Waals surface area contributed by atoms with Crippen molar-refractivity contribution in [3.63, 3.8) is 0 Å². The molecule has 1 saturated heterocycles. The third-order valence-corrected chi connectivity index (χ3v) is 8.02. The first-order valence-corrected chi connectivity index (χ1v) is 14.3. The number of hydrogen-bond acceptors (Lipinski definition) is 6. The number of carbonyl (C=O) groups excluding carboxylic acids is 1. The number of rotatable bonds is 10. The minimum Gasteiger partial charge on any atom is -0.376 e. The second-order valence-electron chi connectivity index (χ2n) is 9.70. The maximum atomic E-state index is 13.0. The highest BCUT2D eigenvalue weighted by atomic mass is 32.2. The highest BCUT2D eigenvalue weighted by Gasteiger charge is 2.48. The molecule has 3 rings (SSSR count). The summed E-state index contributed by atoms with van der Waals surface area (Å²) in [5.74, 6) is -0.509. The summed E-state index contributed by atoms with van der Waals surface area (Å²) < 4.78 is 66.7. The molecule has 2 aromatic rings. The van der Waals surface area contributed by atoms with Crippen molar-refractivity contribution in [2.75, 3.05) is 32.7 Å². The van der Waals surface area contributed by atoms with Gasteiger partial charge in [-0.2, -0.15) is 21.6 Å². The van der Waals surface area contributed by atoms with Crippen LogP contribution in [0.2, 0.25) is 0 Å². The van der Waals surface area contributed by atoms with Crippen molar-refractivity contribution < 1.29 is 30.6 Å². The van der Waals surface area contributed by atoms with E-state index in [1.54, 1.807) is 23.1 Å². The van der Waals surface area contributed by atoms with Crippen LogP contribution in [-0.4, -0.2) is 79.3 Å². The number of nitrogens with zero attached hydrogens (tertiary/aromatic N) is 3. The molecule has 214 valence electrons. The predicted octanol–water partition coefficient (Wildman–Crippen LogP) is 5.07. The quantitative estimate of drug-likeness (QED) is 0.227. The Morgan fingerprint density at radius 2 is 1.72 bits per heavy atom. The molecule has 2 aromatic carbocycles. The number of piperazine rings is 1. The van der Waals surface area contributed by atoms with E-state index in [9.17, 15) is 26.4 Å². The molecule has 1 unspecified atom stereocenters. The summed E-state index contributed by atoms with van der Waals surface area (Å²) in [5.41, 5.74) is -3.62. The maximum absolute atomic E-state index is 13.0. The van der Waals surface area contributed by atoms with Crippen LogP contribution >= 0.6 is 0 Å². The van der Waals surface area contributed by atoms with Gasteiger partial charge in [0, 0.05) is 50.4 Å². The fourth-order valence-corrected chi connectivity index (χ4v) is 5.44. The Kier molecular flexibility index (Phi) is 9.84. The standard InChI is InChI=1S/C28H36F3N3O4S/c1-6-16-33-18-21(5)34(19-20(33)4)26(22-12-14-23(15-13-22)27(35)32(7-2)8-3)24-10-9-11-25(17-24)38-39(36,37)28(29,30)31/h6,9-15,17,20-21,26H,1,7-8,16,18-19H2,2-5H3/t20-,21+,26?/m1/s1. The molecular weight excluding hydrogens is 531 g/mol. The van der Waals surface area contributed by atoms with Gasteiger partial charge in [-0.3, -0.25) is 14.6 Å². The molecule has 0 saturated carbocycles. The predicted molar refractivity (Wildman–Crippen MR) is 145 cm³/mol. The zero-order valence-corrected chi connectivity index (χ0v) is 23.5. The van der Waals surface area contributed by atoms with Crippen molar-refractivity contribution in [1.29, 1.82) is 0 Å². The molecule has 1 aliphatic rings. The molecule has 7 nitrogen and oxygen atoms in total. The zero-order valence-electron chi connectivity index (χ0n) is 22.7. The van der Waals surface area contributed by atoms with E-state index >= 15 is 0 Å². The summed E-state index contributed by atoms with van der Waals surface area (Å²) in [5, 5.41) is 0. The molecule has 0 bridgehead atoms. The summed E-state index contributed by atoms with van der Waals surface area (Å²) in [4.78, 5) is 19.1. The lowest BCUT2D eigenvalue weighted by atomic mass is 9.92. The van der Waals surface area contributed by atoms with Crippen LogP contribution < -0.4 is 4.18 Å². The van der Waals surface area contributed by atoms with Crippen LogP contribution in [0.4, 0.5) is 13.2 Å². The summed E-state index contributed by atoms with van der Waals surface area (Å²) in [6.07, 6.45) is 1.85. The van der Waals surface area contributed by atoms with E-state index in [0.29, 0.717) is 30.8 Å². The van der Waals surface area contributed by atoms with Gasteiger partial charge in [0.25, 0.3) is 5.91 Å². The molecule has 0 radical (unpaired) electrons. The summed E-state index contributed by atoms with van der Waals surface area (Å²) in [6.45, 7) is 15.1. The number of amides is 1. The Labute approximate surface area is 229 Å². The van der Waals surface area contributed by atoms with Crippen molar-refractivity contribution in [3.8, 4) is 5.75 Å². The second-order valence-corrected chi connectivity index (χ2v) is 11.2. The van der Waals surface area contributed by atoms with Gasteiger partial charge in [-0.25, -0.2) is 0 Å². The molecule has 1 amide bonds. The average molecular weight is 568 g/mol. The summed E-state index contributed by atoms with van der Waals surface area (Å²) in [6, 6.07) is 12.7.